The van der Waals surface area contributed by atoms with Crippen LogP contribution in [0.15, 0.2) is 36.4 Å². The van der Waals surface area contributed by atoms with Gasteiger partial charge in [-0.05, 0) is 49.0 Å². The molecule has 2 aromatic carbocycles. The van der Waals surface area contributed by atoms with Crippen LogP contribution < -0.4 is 20.7 Å². The molecule has 12 heteroatoms. The summed E-state index contributed by atoms with van der Waals surface area (Å²) in [6, 6.07) is 9.16. The van der Waals surface area contributed by atoms with Gasteiger partial charge in [0.15, 0.2) is 16.0 Å². The van der Waals surface area contributed by atoms with E-state index >= 15 is 0 Å². The SMILES string of the molecule is CCCC(=O)Nc1nc2ccc(NC(=S)NC(=O)c3ccc(OC)c([N+](=O)[O-])c3)cc2s1. The van der Waals surface area contributed by atoms with Gasteiger partial charge in [-0.15, -0.1) is 0 Å². The number of hydrogen-bond acceptors (Lipinski definition) is 8. The zero-order valence-corrected chi connectivity index (χ0v) is 18.8. The molecule has 0 aliphatic carbocycles. The number of amides is 2. The molecule has 3 N–H and O–H groups in total. The molecule has 0 unspecified atom stereocenters. The molecule has 1 aromatic heterocycles. The second kappa shape index (κ2) is 10.1. The van der Waals surface area contributed by atoms with Crippen LogP contribution in [0.1, 0.15) is 30.1 Å². The lowest BCUT2D eigenvalue weighted by atomic mass is 10.2. The molecule has 0 saturated heterocycles. The number of thiazole rings is 1. The lowest BCUT2D eigenvalue weighted by Crippen LogP contribution is -2.34. The van der Waals surface area contributed by atoms with Gasteiger partial charge in [0.2, 0.25) is 5.91 Å². The monoisotopic (exact) mass is 473 g/mol. The highest BCUT2D eigenvalue weighted by atomic mass is 32.1. The topological polar surface area (TPSA) is 135 Å². The van der Waals surface area contributed by atoms with Crippen LogP contribution in [-0.4, -0.2) is 33.9 Å². The quantitative estimate of drug-likeness (QED) is 0.265. The molecule has 1 heterocycles. The van der Waals surface area contributed by atoms with Crippen LogP contribution in [0.5, 0.6) is 5.75 Å². The molecule has 0 aliphatic rings. The molecule has 10 nitrogen and oxygen atoms in total. The van der Waals surface area contributed by atoms with E-state index in [1.165, 1.54) is 30.6 Å². The Kier molecular flexibility index (Phi) is 7.28. The van der Waals surface area contributed by atoms with E-state index in [4.69, 9.17) is 17.0 Å². The molecular weight excluding hydrogens is 454 g/mol. The minimum absolute atomic E-state index is 0.0220. The third kappa shape index (κ3) is 5.53. The normalized spacial score (nSPS) is 10.4. The summed E-state index contributed by atoms with van der Waals surface area (Å²) >= 11 is 6.51. The molecular formula is C20H19N5O5S2. The predicted octanol–water partition coefficient (Wildman–Crippen LogP) is 4.08. The number of thiocarbonyl (C=S) groups is 1. The van der Waals surface area contributed by atoms with E-state index in [0.29, 0.717) is 22.8 Å². The number of hydrogen-bond donors (Lipinski definition) is 3. The van der Waals surface area contributed by atoms with E-state index in [0.717, 1.165) is 17.2 Å². The van der Waals surface area contributed by atoms with Crippen molar-refractivity contribution < 1.29 is 19.2 Å². The summed E-state index contributed by atoms with van der Waals surface area (Å²) in [7, 11) is 1.31. The zero-order chi connectivity index (χ0) is 23.3. The number of methoxy groups -OCH3 is 1. The molecule has 0 fully saturated rings. The summed E-state index contributed by atoms with van der Waals surface area (Å²) < 4.78 is 5.75. The van der Waals surface area contributed by atoms with Crippen molar-refractivity contribution in [3.63, 3.8) is 0 Å². The summed E-state index contributed by atoms with van der Waals surface area (Å²) in [5, 5.41) is 19.8. The summed E-state index contributed by atoms with van der Waals surface area (Å²) in [5.74, 6) is -0.643. The van der Waals surface area contributed by atoms with Gasteiger partial charge in [-0.25, -0.2) is 4.98 Å². The van der Waals surface area contributed by atoms with Gasteiger partial charge in [0, 0.05) is 23.7 Å². The van der Waals surface area contributed by atoms with Crippen molar-refractivity contribution in [2.45, 2.75) is 19.8 Å². The van der Waals surface area contributed by atoms with Crippen LogP contribution in [0, 0.1) is 10.1 Å². The third-order valence-corrected chi connectivity index (χ3v) is 5.37. The van der Waals surface area contributed by atoms with Gasteiger partial charge in [-0.3, -0.25) is 25.0 Å². The first-order chi connectivity index (χ1) is 15.3. The van der Waals surface area contributed by atoms with E-state index in [1.54, 1.807) is 18.2 Å². The maximum Gasteiger partial charge on any atom is 0.311 e. The van der Waals surface area contributed by atoms with Crippen LogP contribution >= 0.6 is 23.6 Å². The Labute approximate surface area is 192 Å². The van der Waals surface area contributed by atoms with Gasteiger partial charge < -0.3 is 15.4 Å². The number of nitro groups is 1. The second-order valence-corrected chi connectivity index (χ2v) is 7.99. The lowest BCUT2D eigenvalue weighted by Gasteiger charge is -2.10. The summed E-state index contributed by atoms with van der Waals surface area (Å²) in [6.45, 7) is 1.92. The smallest absolute Gasteiger partial charge is 0.311 e. The predicted molar refractivity (Wildman–Crippen MR) is 126 cm³/mol. The van der Waals surface area contributed by atoms with Gasteiger partial charge in [-0.2, -0.15) is 0 Å². The number of fused-ring (bicyclic) bond motifs is 1. The number of nitrogens with one attached hydrogen (secondary N) is 3. The fourth-order valence-corrected chi connectivity index (χ4v) is 3.91. The maximum absolute atomic E-state index is 12.4. The largest absolute Gasteiger partial charge is 0.490 e. The van der Waals surface area contributed by atoms with Gasteiger partial charge in [0.1, 0.15) is 0 Å². The van der Waals surface area contributed by atoms with E-state index in [-0.39, 0.29) is 28.0 Å². The Hall–Kier alpha value is -3.64. The highest BCUT2D eigenvalue weighted by Crippen LogP contribution is 2.29. The lowest BCUT2D eigenvalue weighted by molar-refractivity contribution is -0.385. The van der Waals surface area contributed by atoms with Gasteiger partial charge in [0.05, 0.1) is 22.2 Å². The Morgan fingerprint density at radius 1 is 1.22 bits per heavy atom. The molecule has 0 saturated carbocycles. The van der Waals surface area contributed by atoms with Crippen molar-refractivity contribution in [2.24, 2.45) is 0 Å². The molecule has 0 radical (unpaired) electrons. The molecule has 0 atom stereocenters. The summed E-state index contributed by atoms with van der Waals surface area (Å²) in [5.41, 5.74) is 1.06. The first-order valence-corrected chi connectivity index (χ1v) is 10.7. The number of aromatic nitrogens is 1. The van der Waals surface area contributed by atoms with E-state index < -0.39 is 10.8 Å². The molecule has 3 rings (SSSR count). The Morgan fingerprint density at radius 2 is 2.00 bits per heavy atom. The molecule has 0 bridgehead atoms. The Balaban J connectivity index is 1.67. The molecule has 0 spiro atoms. The second-order valence-electron chi connectivity index (χ2n) is 6.55. The van der Waals surface area contributed by atoms with Crippen LogP contribution in [0.3, 0.4) is 0 Å². The van der Waals surface area contributed by atoms with Gasteiger partial charge in [0.25, 0.3) is 5.91 Å². The molecule has 2 amide bonds. The van der Waals surface area contributed by atoms with Crippen molar-refractivity contribution >= 4 is 67.2 Å². The molecule has 166 valence electrons. The van der Waals surface area contributed by atoms with Crippen molar-refractivity contribution in [1.82, 2.24) is 10.3 Å². The van der Waals surface area contributed by atoms with Crippen LogP contribution in [0.2, 0.25) is 0 Å². The first kappa shape index (κ1) is 23.0. The standard InChI is InChI=1S/C20H19N5O5S2/c1-3-4-17(26)23-20-22-13-7-6-12(10-16(13)32-20)21-19(31)24-18(27)11-5-8-15(30-2)14(9-11)25(28)29/h5-10H,3-4H2,1-2H3,(H,22,23,26)(H2,21,24,27,31). The highest BCUT2D eigenvalue weighted by molar-refractivity contribution is 7.80. The molecule has 3 aromatic rings. The minimum Gasteiger partial charge on any atom is -0.490 e. The van der Waals surface area contributed by atoms with Crippen molar-refractivity contribution in [3.8, 4) is 5.75 Å². The number of benzene rings is 2. The summed E-state index contributed by atoms with van der Waals surface area (Å²) in [4.78, 5) is 39.1. The van der Waals surface area contributed by atoms with Gasteiger partial charge in [-0.1, -0.05) is 18.3 Å². The zero-order valence-electron chi connectivity index (χ0n) is 17.1. The maximum atomic E-state index is 12.4. The Morgan fingerprint density at radius 3 is 2.69 bits per heavy atom. The van der Waals surface area contributed by atoms with E-state index in [9.17, 15) is 19.7 Å². The summed E-state index contributed by atoms with van der Waals surface area (Å²) in [6.07, 6.45) is 1.17. The van der Waals surface area contributed by atoms with Crippen LogP contribution in [0.4, 0.5) is 16.5 Å². The number of anilines is 2. The number of rotatable bonds is 7. The van der Waals surface area contributed by atoms with Crippen molar-refractivity contribution in [3.05, 3.63) is 52.1 Å². The molecule has 32 heavy (non-hydrogen) atoms. The number of ether oxygens (including phenoxy) is 1. The van der Waals surface area contributed by atoms with E-state index in [1.807, 2.05) is 6.92 Å². The average molecular weight is 474 g/mol. The number of carbonyl (C=O) groups is 2. The van der Waals surface area contributed by atoms with Gasteiger partial charge >= 0.3 is 5.69 Å². The first-order valence-electron chi connectivity index (χ1n) is 9.46. The molecule has 0 aliphatic heterocycles. The van der Waals surface area contributed by atoms with Crippen LogP contribution in [-0.2, 0) is 4.79 Å². The van der Waals surface area contributed by atoms with E-state index in [2.05, 4.69) is 20.9 Å². The van der Waals surface area contributed by atoms with Crippen LogP contribution in [0.25, 0.3) is 10.2 Å². The highest BCUT2D eigenvalue weighted by Gasteiger charge is 2.19. The number of nitrogens with zero attached hydrogens (tertiary/aromatic N) is 2. The fraction of sp³-hybridized carbons (Fsp3) is 0.200. The van der Waals surface area contributed by atoms with Crippen molar-refractivity contribution in [2.75, 3.05) is 17.7 Å². The fourth-order valence-electron chi connectivity index (χ4n) is 2.78. The minimum atomic E-state index is -0.630. The third-order valence-electron chi connectivity index (χ3n) is 4.23. The average Bonchev–Trinajstić information content (AvgIpc) is 3.14. The van der Waals surface area contributed by atoms with Crippen molar-refractivity contribution in [1.29, 1.82) is 0 Å². The Bertz CT molecular complexity index is 1210. The number of nitro benzene ring substituents is 1. The number of carbonyl (C=O) groups excluding carboxylic acids is 2.